The number of Topliss-reactive ketones (excluding diaryl/α,β-unsaturated/α-hetero) is 2. The minimum absolute atomic E-state index is 0.00457. The number of primary amides is 1. The van der Waals surface area contributed by atoms with Crippen molar-refractivity contribution >= 4 is 17.7 Å². The Kier molecular flexibility index (Phi) is 4.13. The lowest BCUT2D eigenvalue weighted by atomic mass is 9.82. The Morgan fingerprint density at radius 2 is 2.14 bits per heavy atom. The molecule has 150 valence electrons. The van der Waals surface area contributed by atoms with Gasteiger partial charge in [-0.25, -0.2) is 4.79 Å². The number of nitrogens with two attached hydrogens (primary N) is 1. The highest BCUT2D eigenvalue weighted by atomic mass is 16.6. The third-order valence-electron chi connectivity index (χ3n) is 6.37. The van der Waals surface area contributed by atoms with E-state index in [-0.39, 0.29) is 36.0 Å². The summed E-state index contributed by atoms with van der Waals surface area (Å²) in [6.07, 6.45) is 0.681. The second kappa shape index (κ2) is 6.18. The molecule has 3 N–H and O–H groups in total. The number of nitrogens with one attached hydrogen (secondary N) is 1. The molecular weight excluding hydrogens is 364 g/mol. The molecule has 0 aromatic carbocycles. The van der Waals surface area contributed by atoms with Gasteiger partial charge < -0.3 is 25.4 Å². The van der Waals surface area contributed by atoms with Gasteiger partial charge in [-0.15, -0.1) is 6.58 Å². The van der Waals surface area contributed by atoms with Crippen LogP contribution in [0, 0.1) is 5.92 Å². The molecule has 0 radical (unpaired) electrons. The van der Waals surface area contributed by atoms with Gasteiger partial charge in [-0.3, -0.25) is 14.5 Å². The van der Waals surface area contributed by atoms with Gasteiger partial charge in [-0.1, -0.05) is 6.08 Å². The zero-order valence-corrected chi connectivity index (χ0v) is 16.2. The third kappa shape index (κ3) is 2.17. The van der Waals surface area contributed by atoms with Gasteiger partial charge >= 0.3 is 6.09 Å². The lowest BCUT2D eigenvalue weighted by molar-refractivity contribution is -0.144. The fraction of sp³-hybridized carbons (Fsp3) is 0.526. The maximum Gasteiger partial charge on any atom is 0.404 e. The maximum absolute atomic E-state index is 13.4. The maximum atomic E-state index is 13.4. The molecule has 2 fully saturated rings. The summed E-state index contributed by atoms with van der Waals surface area (Å²) >= 11 is 0. The average molecular weight is 388 g/mol. The molecule has 4 rings (SSSR count). The van der Waals surface area contributed by atoms with Crippen molar-refractivity contribution in [1.82, 2.24) is 15.1 Å². The molecule has 9 heteroatoms. The van der Waals surface area contributed by atoms with Crippen LogP contribution in [0.2, 0.25) is 0 Å². The molecule has 0 spiro atoms. The predicted molar refractivity (Wildman–Crippen MR) is 98.8 cm³/mol. The first-order chi connectivity index (χ1) is 13.3. The van der Waals surface area contributed by atoms with Gasteiger partial charge in [0.05, 0.1) is 23.4 Å². The second-order valence-electron chi connectivity index (χ2n) is 7.52. The number of piperazine rings is 1. The standard InChI is InChI=1S/C19H24N4O5/c1-5-6-21-13-9(2)15(24)14-12(16(13)25)10(8-28-18(20)26)19(27-4)17-11(22(17)3)7-23(14)19/h5,10-11,17,21H,1,6-8H2,2-4H3,(H2,20,26)/t10-,11+,17+,19?,22?/m0/s1. The number of methoxy groups -OCH3 is 1. The second-order valence-corrected chi connectivity index (χ2v) is 7.52. The zero-order valence-electron chi connectivity index (χ0n) is 16.2. The van der Waals surface area contributed by atoms with E-state index in [4.69, 9.17) is 15.2 Å². The van der Waals surface area contributed by atoms with E-state index in [9.17, 15) is 14.4 Å². The van der Waals surface area contributed by atoms with E-state index in [0.29, 0.717) is 29.9 Å². The first kappa shape index (κ1) is 18.7. The summed E-state index contributed by atoms with van der Waals surface area (Å²) in [5, 5.41) is 2.98. The predicted octanol–water partition coefficient (Wildman–Crippen LogP) is -0.492. The van der Waals surface area contributed by atoms with E-state index in [0.717, 1.165) is 0 Å². The Bertz CT molecular complexity index is 862. The van der Waals surface area contributed by atoms with Gasteiger partial charge in [0.2, 0.25) is 11.6 Å². The highest BCUT2D eigenvalue weighted by Crippen LogP contribution is 2.59. The van der Waals surface area contributed by atoms with Crippen molar-refractivity contribution in [2.45, 2.75) is 24.7 Å². The summed E-state index contributed by atoms with van der Waals surface area (Å²) in [5.41, 5.74) is 5.53. The van der Waals surface area contributed by atoms with Gasteiger partial charge in [-0.2, -0.15) is 0 Å². The summed E-state index contributed by atoms with van der Waals surface area (Å²) in [6, 6.07) is 0.215. The van der Waals surface area contributed by atoms with Crippen LogP contribution < -0.4 is 11.1 Å². The summed E-state index contributed by atoms with van der Waals surface area (Å²) < 4.78 is 11.1. The number of ether oxygens (including phenoxy) is 2. The minimum Gasteiger partial charge on any atom is -0.449 e. The Morgan fingerprint density at radius 3 is 2.75 bits per heavy atom. The number of carbonyl (C=O) groups excluding carboxylic acids is 3. The molecule has 0 aromatic heterocycles. The first-order valence-corrected chi connectivity index (χ1v) is 9.17. The lowest BCUT2D eigenvalue weighted by Crippen LogP contribution is -2.55. The van der Waals surface area contributed by atoms with Crippen LogP contribution in [-0.4, -0.2) is 79.1 Å². The number of rotatable bonds is 6. The summed E-state index contributed by atoms with van der Waals surface area (Å²) in [4.78, 5) is 41.9. The van der Waals surface area contributed by atoms with Crippen LogP contribution in [0.25, 0.3) is 0 Å². The van der Waals surface area contributed by atoms with Crippen LogP contribution in [0.5, 0.6) is 0 Å². The van der Waals surface area contributed by atoms with Crippen molar-refractivity contribution in [3.05, 3.63) is 35.2 Å². The van der Waals surface area contributed by atoms with Crippen molar-refractivity contribution in [2.24, 2.45) is 11.7 Å². The molecule has 0 saturated carbocycles. The van der Waals surface area contributed by atoms with Crippen LogP contribution in [0.15, 0.2) is 35.2 Å². The number of amides is 1. The summed E-state index contributed by atoms with van der Waals surface area (Å²) in [5.74, 6) is -1.11. The Labute approximate surface area is 162 Å². The van der Waals surface area contributed by atoms with E-state index in [1.807, 2.05) is 11.9 Å². The SMILES string of the molecule is C=CCNC1=C(C)C(=O)C2=C(C1=O)[C@H](COC(N)=O)C1(OC)[C@H]3[C@@H](CN21)N3C. The van der Waals surface area contributed by atoms with Gasteiger partial charge in [0.25, 0.3) is 0 Å². The van der Waals surface area contributed by atoms with E-state index >= 15 is 0 Å². The average Bonchev–Trinajstić information content (AvgIpc) is 3.04. The van der Waals surface area contributed by atoms with Crippen molar-refractivity contribution in [2.75, 3.05) is 33.9 Å². The molecule has 1 amide bonds. The molecule has 0 bridgehead atoms. The number of ketones is 2. The van der Waals surface area contributed by atoms with Crippen molar-refractivity contribution in [3.63, 3.8) is 0 Å². The van der Waals surface area contributed by atoms with Gasteiger partial charge in [0, 0.05) is 37.4 Å². The molecule has 3 heterocycles. The fourth-order valence-corrected chi connectivity index (χ4v) is 5.10. The first-order valence-electron chi connectivity index (χ1n) is 9.17. The largest absolute Gasteiger partial charge is 0.449 e. The van der Waals surface area contributed by atoms with Crippen molar-refractivity contribution < 1.29 is 23.9 Å². The number of nitrogens with zero attached hydrogens (tertiary/aromatic N) is 2. The summed E-state index contributed by atoms with van der Waals surface area (Å²) in [7, 11) is 3.53. The van der Waals surface area contributed by atoms with E-state index in [1.54, 1.807) is 20.1 Å². The monoisotopic (exact) mass is 388 g/mol. The molecule has 2 saturated heterocycles. The molecule has 5 atom stereocenters. The molecule has 3 aliphatic heterocycles. The Balaban J connectivity index is 1.81. The van der Waals surface area contributed by atoms with Crippen LogP contribution in [-0.2, 0) is 19.1 Å². The number of allylic oxidation sites excluding steroid dienone is 2. The number of fused-ring (bicyclic) bond motifs is 4. The normalized spacial score (nSPS) is 35.6. The van der Waals surface area contributed by atoms with Crippen molar-refractivity contribution in [1.29, 1.82) is 0 Å². The topological polar surface area (TPSA) is 114 Å². The van der Waals surface area contributed by atoms with E-state index < -0.39 is 17.7 Å². The smallest absolute Gasteiger partial charge is 0.404 e. The Morgan fingerprint density at radius 1 is 1.43 bits per heavy atom. The lowest BCUT2D eigenvalue weighted by Gasteiger charge is -2.40. The number of likely N-dealkylation sites (N-methyl/N-ethyl adjacent to an activating group) is 1. The van der Waals surface area contributed by atoms with Crippen molar-refractivity contribution in [3.8, 4) is 0 Å². The van der Waals surface area contributed by atoms with Crippen LogP contribution in [0.4, 0.5) is 4.79 Å². The molecule has 2 unspecified atom stereocenters. The number of carbonyl (C=O) groups is 3. The molecule has 1 aliphatic carbocycles. The molecule has 0 aromatic rings. The highest BCUT2D eigenvalue weighted by Gasteiger charge is 2.75. The van der Waals surface area contributed by atoms with E-state index in [2.05, 4.69) is 16.8 Å². The van der Waals surface area contributed by atoms with Gasteiger partial charge in [-0.05, 0) is 14.0 Å². The van der Waals surface area contributed by atoms with Crippen LogP contribution in [0.3, 0.4) is 0 Å². The number of hydrogen-bond donors (Lipinski definition) is 2. The Hall–Kier alpha value is -2.65. The number of hydrogen-bond acceptors (Lipinski definition) is 8. The highest BCUT2D eigenvalue weighted by molar-refractivity contribution is 6.25. The molecule has 28 heavy (non-hydrogen) atoms. The van der Waals surface area contributed by atoms with E-state index in [1.165, 1.54) is 0 Å². The minimum atomic E-state index is -0.945. The van der Waals surface area contributed by atoms with Gasteiger partial charge in [0.15, 0.2) is 5.72 Å². The fourth-order valence-electron chi connectivity index (χ4n) is 5.10. The molecular formula is C19H24N4O5. The summed E-state index contributed by atoms with van der Waals surface area (Å²) in [6.45, 7) is 6.07. The third-order valence-corrected chi connectivity index (χ3v) is 6.37. The van der Waals surface area contributed by atoms with Crippen LogP contribution >= 0.6 is 0 Å². The van der Waals surface area contributed by atoms with Gasteiger partial charge in [0.1, 0.15) is 6.61 Å². The molecule has 4 aliphatic rings. The molecule has 9 nitrogen and oxygen atoms in total. The zero-order chi connectivity index (χ0) is 20.4. The quantitative estimate of drug-likeness (QED) is 0.356. The van der Waals surface area contributed by atoms with Crippen LogP contribution in [0.1, 0.15) is 6.92 Å².